The highest BCUT2D eigenvalue weighted by Gasteiger charge is 2.31. The molecule has 0 spiro atoms. The number of nitrogens with zero attached hydrogens (tertiary/aromatic N) is 2. The fraction of sp³-hybridized carbons (Fsp3) is 0.350. The molecule has 0 saturated carbocycles. The van der Waals surface area contributed by atoms with Crippen LogP contribution in [0.1, 0.15) is 12.5 Å². The van der Waals surface area contributed by atoms with Crippen LogP contribution in [0.2, 0.25) is 0 Å². The van der Waals surface area contributed by atoms with Gasteiger partial charge in [-0.25, -0.2) is 12.8 Å². The van der Waals surface area contributed by atoms with Crippen LogP contribution in [0.25, 0.3) is 0 Å². The van der Waals surface area contributed by atoms with E-state index < -0.39 is 15.8 Å². The van der Waals surface area contributed by atoms with Crippen LogP contribution in [0, 0.1) is 12.7 Å². The summed E-state index contributed by atoms with van der Waals surface area (Å²) in [6.07, 6.45) is 0. The largest absolute Gasteiger partial charge is 0.339 e. The first-order valence-electron chi connectivity index (χ1n) is 9.05. The molecule has 0 N–H and O–H groups in total. The van der Waals surface area contributed by atoms with Crippen LogP contribution < -0.4 is 0 Å². The third-order valence-electron chi connectivity index (χ3n) is 4.67. The van der Waals surface area contributed by atoms with Crippen molar-refractivity contribution in [2.75, 3.05) is 26.2 Å². The highest BCUT2D eigenvalue weighted by atomic mass is 32.2. The van der Waals surface area contributed by atoms with E-state index in [-0.39, 0.29) is 29.1 Å². The Morgan fingerprint density at radius 3 is 2.32 bits per heavy atom. The SMILES string of the molecule is Cc1ccc(S[C@@H](C)C(=O)N2CCN(S(=O)(=O)c3cccc(F)c3)CC2)cc1. The highest BCUT2D eigenvalue weighted by Crippen LogP contribution is 2.26. The van der Waals surface area contributed by atoms with Gasteiger partial charge in [0, 0.05) is 31.1 Å². The lowest BCUT2D eigenvalue weighted by atomic mass is 10.2. The van der Waals surface area contributed by atoms with Gasteiger partial charge >= 0.3 is 0 Å². The molecule has 0 aliphatic carbocycles. The first-order valence-corrected chi connectivity index (χ1v) is 11.4. The molecule has 1 aliphatic rings. The fourth-order valence-corrected chi connectivity index (χ4v) is 5.46. The second-order valence-corrected chi connectivity index (χ2v) is 10.1. The first-order chi connectivity index (χ1) is 13.3. The zero-order valence-corrected chi connectivity index (χ0v) is 17.5. The predicted molar refractivity (Wildman–Crippen MR) is 108 cm³/mol. The van der Waals surface area contributed by atoms with Crippen molar-refractivity contribution in [1.29, 1.82) is 0 Å². The maximum absolute atomic E-state index is 13.4. The minimum Gasteiger partial charge on any atom is -0.339 e. The molecular formula is C20H23FN2O3S2. The maximum Gasteiger partial charge on any atom is 0.243 e. The third-order valence-corrected chi connectivity index (χ3v) is 7.66. The minimum absolute atomic E-state index is 0.00613. The summed E-state index contributed by atoms with van der Waals surface area (Å²) >= 11 is 1.49. The van der Waals surface area contributed by atoms with Crippen LogP contribution in [0.3, 0.4) is 0 Å². The summed E-state index contributed by atoms with van der Waals surface area (Å²) in [5.74, 6) is -0.592. The van der Waals surface area contributed by atoms with Gasteiger partial charge < -0.3 is 4.90 Å². The normalized spacial score (nSPS) is 16.8. The maximum atomic E-state index is 13.4. The Morgan fingerprint density at radius 1 is 1.07 bits per heavy atom. The third kappa shape index (κ3) is 4.74. The molecule has 150 valence electrons. The number of benzene rings is 2. The smallest absolute Gasteiger partial charge is 0.243 e. The van der Waals surface area contributed by atoms with Crippen LogP contribution in [0.4, 0.5) is 4.39 Å². The molecule has 5 nitrogen and oxygen atoms in total. The zero-order valence-electron chi connectivity index (χ0n) is 15.8. The van der Waals surface area contributed by atoms with Crippen molar-refractivity contribution in [2.24, 2.45) is 0 Å². The fourth-order valence-electron chi connectivity index (χ4n) is 3.05. The number of hydrogen-bond acceptors (Lipinski definition) is 4. The molecule has 8 heteroatoms. The quantitative estimate of drug-likeness (QED) is 0.695. The molecule has 1 aliphatic heterocycles. The Balaban J connectivity index is 1.59. The van der Waals surface area contributed by atoms with Gasteiger partial charge in [-0.3, -0.25) is 4.79 Å². The molecule has 1 amide bonds. The van der Waals surface area contributed by atoms with Crippen molar-refractivity contribution in [3.05, 3.63) is 59.9 Å². The highest BCUT2D eigenvalue weighted by molar-refractivity contribution is 8.00. The van der Waals surface area contributed by atoms with Gasteiger partial charge in [0.05, 0.1) is 10.1 Å². The Bertz CT molecular complexity index is 940. The van der Waals surface area contributed by atoms with E-state index >= 15 is 0 Å². The van der Waals surface area contributed by atoms with Crippen LogP contribution in [-0.2, 0) is 14.8 Å². The Kier molecular flexibility index (Phi) is 6.42. The minimum atomic E-state index is -3.76. The van der Waals surface area contributed by atoms with Crippen molar-refractivity contribution in [3.8, 4) is 0 Å². The molecule has 1 fully saturated rings. The molecule has 1 atom stereocenters. The molecule has 1 heterocycles. The summed E-state index contributed by atoms with van der Waals surface area (Å²) in [6, 6.07) is 13.0. The molecular weight excluding hydrogens is 399 g/mol. The molecule has 2 aromatic carbocycles. The predicted octanol–water partition coefficient (Wildman–Crippen LogP) is 3.15. The second-order valence-electron chi connectivity index (χ2n) is 6.76. The second kappa shape index (κ2) is 8.63. The number of thioether (sulfide) groups is 1. The van der Waals surface area contributed by atoms with E-state index in [2.05, 4.69) is 0 Å². The van der Waals surface area contributed by atoms with E-state index in [1.54, 1.807) is 4.90 Å². The Morgan fingerprint density at radius 2 is 1.71 bits per heavy atom. The summed E-state index contributed by atoms with van der Waals surface area (Å²) < 4.78 is 40.0. The molecule has 1 saturated heterocycles. The lowest BCUT2D eigenvalue weighted by molar-refractivity contribution is -0.131. The lowest BCUT2D eigenvalue weighted by Gasteiger charge is -2.35. The van der Waals surface area contributed by atoms with Gasteiger partial charge in [-0.2, -0.15) is 4.31 Å². The Labute approximate surface area is 169 Å². The molecule has 3 rings (SSSR count). The van der Waals surface area contributed by atoms with E-state index in [9.17, 15) is 17.6 Å². The van der Waals surface area contributed by atoms with Crippen LogP contribution in [-0.4, -0.2) is 55.0 Å². The van der Waals surface area contributed by atoms with Gasteiger partial charge in [-0.1, -0.05) is 23.8 Å². The van der Waals surface area contributed by atoms with Crippen molar-refractivity contribution in [1.82, 2.24) is 9.21 Å². The van der Waals surface area contributed by atoms with E-state index in [1.165, 1.54) is 39.8 Å². The molecule has 2 aromatic rings. The monoisotopic (exact) mass is 422 g/mol. The number of hydrogen-bond donors (Lipinski definition) is 0. The number of piperazine rings is 1. The van der Waals surface area contributed by atoms with E-state index in [4.69, 9.17) is 0 Å². The van der Waals surface area contributed by atoms with Gasteiger partial charge in [0.2, 0.25) is 15.9 Å². The van der Waals surface area contributed by atoms with E-state index in [1.807, 2.05) is 38.1 Å². The number of sulfonamides is 1. The van der Waals surface area contributed by atoms with Crippen molar-refractivity contribution < 1.29 is 17.6 Å². The molecule has 0 unspecified atom stereocenters. The zero-order chi connectivity index (χ0) is 20.3. The van der Waals surface area contributed by atoms with Gasteiger partial charge in [0.1, 0.15) is 5.82 Å². The average molecular weight is 423 g/mol. The van der Waals surface area contributed by atoms with Gasteiger partial charge in [-0.05, 0) is 44.2 Å². The number of carbonyl (C=O) groups excluding carboxylic acids is 1. The van der Waals surface area contributed by atoms with Crippen molar-refractivity contribution in [2.45, 2.75) is 28.9 Å². The van der Waals surface area contributed by atoms with Crippen molar-refractivity contribution >= 4 is 27.7 Å². The first kappa shape index (κ1) is 20.8. The van der Waals surface area contributed by atoms with Crippen LogP contribution in [0.15, 0.2) is 58.3 Å². The molecule has 0 radical (unpaired) electrons. The Hall–Kier alpha value is -1.90. The van der Waals surface area contributed by atoms with Gasteiger partial charge in [-0.15, -0.1) is 11.8 Å². The topological polar surface area (TPSA) is 57.7 Å². The number of amides is 1. The van der Waals surface area contributed by atoms with Crippen molar-refractivity contribution in [3.63, 3.8) is 0 Å². The molecule has 0 bridgehead atoms. The standard InChI is InChI=1S/C20H23FN2O3S2/c1-15-6-8-18(9-7-15)27-16(2)20(24)22-10-12-23(13-11-22)28(25,26)19-5-3-4-17(21)14-19/h3-9,14,16H,10-13H2,1-2H3/t16-/m0/s1. The molecule has 28 heavy (non-hydrogen) atoms. The summed E-state index contributed by atoms with van der Waals surface area (Å²) in [5, 5.41) is -0.255. The summed E-state index contributed by atoms with van der Waals surface area (Å²) in [5.41, 5.74) is 1.17. The summed E-state index contributed by atoms with van der Waals surface area (Å²) in [7, 11) is -3.76. The number of rotatable bonds is 5. The van der Waals surface area contributed by atoms with Crippen LogP contribution in [0.5, 0.6) is 0 Å². The van der Waals surface area contributed by atoms with E-state index in [0.29, 0.717) is 13.1 Å². The summed E-state index contributed by atoms with van der Waals surface area (Å²) in [6.45, 7) is 4.93. The number of aryl methyl sites for hydroxylation is 1. The average Bonchev–Trinajstić information content (AvgIpc) is 2.69. The number of carbonyl (C=O) groups is 1. The van der Waals surface area contributed by atoms with Gasteiger partial charge in [0.15, 0.2) is 0 Å². The number of halogens is 1. The van der Waals surface area contributed by atoms with Gasteiger partial charge in [0.25, 0.3) is 0 Å². The van der Waals surface area contributed by atoms with Crippen LogP contribution >= 0.6 is 11.8 Å². The lowest BCUT2D eigenvalue weighted by Crippen LogP contribution is -2.52. The van der Waals surface area contributed by atoms with E-state index in [0.717, 1.165) is 11.0 Å². The summed E-state index contributed by atoms with van der Waals surface area (Å²) in [4.78, 5) is 15.4. The molecule has 0 aromatic heterocycles.